The standard InChI is InChI=1S/C20H18ClNO4S/c1-4-27-18-17(12-5-7-13(21)8-6-12)19(23)22(20(18)24)14-9-15(25-2)11-16(10-14)26-3/h5-11H,4H2,1-3H3. The fraction of sp³-hybridized carbons (Fsp3) is 0.200. The van der Waals surface area contributed by atoms with Gasteiger partial charge in [-0.3, -0.25) is 9.59 Å². The minimum atomic E-state index is -0.381. The number of amides is 2. The summed E-state index contributed by atoms with van der Waals surface area (Å²) in [6, 6.07) is 11.8. The summed E-state index contributed by atoms with van der Waals surface area (Å²) >= 11 is 7.31. The van der Waals surface area contributed by atoms with E-state index < -0.39 is 0 Å². The SMILES string of the molecule is CCSC1=C(c2ccc(Cl)cc2)C(=O)N(c2cc(OC)cc(OC)c2)C1=O. The van der Waals surface area contributed by atoms with Crippen LogP contribution in [0.5, 0.6) is 11.5 Å². The largest absolute Gasteiger partial charge is 0.497 e. The van der Waals surface area contributed by atoms with E-state index in [9.17, 15) is 9.59 Å². The van der Waals surface area contributed by atoms with Crippen LogP contribution in [0.25, 0.3) is 5.57 Å². The Hall–Kier alpha value is -2.44. The van der Waals surface area contributed by atoms with Crippen LogP contribution in [0.15, 0.2) is 47.4 Å². The second kappa shape index (κ2) is 8.06. The number of anilines is 1. The zero-order valence-electron chi connectivity index (χ0n) is 15.1. The summed E-state index contributed by atoms with van der Waals surface area (Å²) in [5.74, 6) is 0.922. The molecule has 0 unspecified atom stereocenters. The molecular formula is C20H18ClNO4S. The number of ether oxygens (including phenoxy) is 2. The van der Waals surface area contributed by atoms with E-state index in [0.717, 1.165) is 4.90 Å². The Bertz CT molecular complexity index is 902. The van der Waals surface area contributed by atoms with Crippen LogP contribution in [0.2, 0.25) is 5.02 Å². The van der Waals surface area contributed by atoms with E-state index in [1.807, 2.05) is 6.92 Å². The molecule has 1 heterocycles. The van der Waals surface area contributed by atoms with E-state index in [4.69, 9.17) is 21.1 Å². The Morgan fingerprint density at radius 2 is 1.56 bits per heavy atom. The van der Waals surface area contributed by atoms with Crippen molar-refractivity contribution >= 4 is 46.4 Å². The lowest BCUT2D eigenvalue weighted by Gasteiger charge is -2.17. The van der Waals surface area contributed by atoms with Gasteiger partial charge in [-0.1, -0.05) is 30.7 Å². The summed E-state index contributed by atoms with van der Waals surface area (Å²) in [7, 11) is 3.03. The van der Waals surface area contributed by atoms with Crippen molar-refractivity contribution in [1.29, 1.82) is 0 Å². The van der Waals surface area contributed by atoms with Gasteiger partial charge in [-0.2, -0.15) is 0 Å². The van der Waals surface area contributed by atoms with Gasteiger partial charge in [-0.05, 0) is 23.4 Å². The molecule has 0 saturated heterocycles. The summed E-state index contributed by atoms with van der Waals surface area (Å²) in [6.45, 7) is 1.94. The topological polar surface area (TPSA) is 55.8 Å². The number of nitrogens with zero attached hydrogens (tertiary/aromatic N) is 1. The Morgan fingerprint density at radius 3 is 2.07 bits per heavy atom. The minimum absolute atomic E-state index is 0.355. The van der Waals surface area contributed by atoms with Crippen LogP contribution >= 0.6 is 23.4 Å². The number of hydrogen-bond donors (Lipinski definition) is 0. The van der Waals surface area contributed by atoms with Gasteiger partial charge >= 0.3 is 0 Å². The van der Waals surface area contributed by atoms with Crippen molar-refractivity contribution < 1.29 is 19.1 Å². The molecule has 27 heavy (non-hydrogen) atoms. The lowest BCUT2D eigenvalue weighted by molar-refractivity contribution is -0.119. The highest BCUT2D eigenvalue weighted by Gasteiger charge is 2.40. The Kier molecular flexibility index (Phi) is 5.77. The van der Waals surface area contributed by atoms with E-state index in [0.29, 0.717) is 44.0 Å². The first-order chi connectivity index (χ1) is 13.0. The Morgan fingerprint density at radius 1 is 0.963 bits per heavy atom. The van der Waals surface area contributed by atoms with Crippen LogP contribution in [0.3, 0.4) is 0 Å². The number of methoxy groups -OCH3 is 2. The predicted molar refractivity (Wildman–Crippen MR) is 109 cm³/mol. The highest BCUT2D eigenvalue weighted by Crippen LogP contribution is 2.40. The minimum Gasteiger partial charge on any atom is -0.497 e. The summed E-state index contributed by atoms with van der Waals surface area (Å²) < 4.78 is 10.5. The van der Waals surface area contributed by atoms with E-state index in [1.54, 1.807) is 42.5 Å². The van der Waals surface area contributed by atoms with Gasteiger partial charge in [0.2, 0.25) is 0 Å². The van der Waals surface area contributed by atoms with Gasteiger partial charge in [0.15, 0.2) is 0 Å². The third-order valence-electron chi connectivity index (χ3n) is 4.06. The van der Waals surface area contributed by atoms with Crippen molar-refractivity contribution in [2.24, 2.45) is 0 Å². The maximum Gasteiger partial charge on any atom is 0.272 e. The molecule has 7 heteroatoms. The normalized spacial score (nSPS) is 14.1. The first kappa shape index (κ1) is 19.3. The molecule has 0 atom stereocenters. The van der Waals surface area contributed by atoms with E-state index in [1.165, 1.54) is 26.0 Å². The fourth-order valence-corrected chi connectivity index (χ4v) is 3.79. The molecule has 0 bridgehead atoms. The van der Waals surface area contributed by atoms with Gasteiger partial charge in [0.1, 0.15) is 11.5 Å². The van der Waals surface area contributed by atoms with Gasteiger partial charge in [0.25, 0.3) is 11.8 Å². The maximum atomic E-state index is 13.2. The van der Waals surface area contributed by atoms with E-state index in [-0.39, 0.29) is 11.8 Å². The highest BCUT2D eigenvalue weighted by atomic mass is 35.5. The maximum absolute atomic E-state index is 13.2. The van der Waals surface area contributed by atoms with Crippen molar-refractivity contribution in [1.82, 2.24) is 0 Å². The number of benzene rings is 2. The molecule has 140 valence electrons. The van der Waals surface area contributed by atoms with Crippen molar-refractivity contribution in [3.05, 3.63) is 58.0 Å². The molecule has 0 fully saturated rings. The zero-order chi connectivity index (χ0) is 19.6. The molecule has 0 radical (unpaired) electrons. The molecule has 0 saturated carbocycles. The number of carbonyl (C=O) groups excluding carboxylic acids is 2. The van der Waals surface area contributed by atoms with Crippen LogP contribution in [0.1, 0.15) is 12.5 Å². The average molecular weight is 404 g/mol. The number of imide groups is 1. The molecule has 2 aromatic rings. The molecule has 0 N–H and O–H groups in total. The van der Waals surface area contributed by atoms with Crippen molar-refractivity contribution in [3.8, 4) is 11.5 Å². The summed E-state index contributed by atoms with van der Waals surface area (Å²) in [5.41, 5.74) is 1.44. The van der Waals surface area contributed by atoms with Crippen LogP contribution in [0.4, 0.5) is 5.69 Å². The van der Waals surface area contributed by atoms with Crippen molar-refractivity contribution in [2.75, 3.05) is 24.9 Å². The first-order valence-corrected chi connectivity index (χ1v) is 9.61. The van der Waals surface area contributed by atoms with Crippen molar-refractivity contribution in [3.63, 3.8) is 0 Å². The van der Waals surface area contributed by atoms with Crippen LogP contribution in [-0.4, -0.2) is 31.8 Å². The molecule has 2 amide bonds. The molecule has 1 aliphatic heterocycles. The lowest BCUT2D eigenvalue weighted by Crippen LogP contribution is -2.31. The number of carbonyl (C=O) groups is 2. The average Bonchev–Trinajstić information content (AvgIpc) is 2.92. The van der Waals surface area contributed by atoms with Gasteiger partial charge < -0.3 is 9.47 Å². The first-order valence-electron chi connectivity index (χ1n) is 8.25. The quantitative estimate of drug-likeness (QED) is 0.669. The molecule has 1 aliphatic rings. The molecule has 0 aromatic heterocycles. The van der Waals surface area contributed by atoms with Gasteiger partial charge in [-0.25, -0.2) is 4.90 Å². The number of halogens is 1. The number of hydrogen-bond acceptors (Lipinski definition) is 5. The molecule has 0 spiro atoms. The van der Waals surface area contributed by atoms with Crippen molar-refractivity contribution in [2.45, 2.75) is 6.92 Å². The molecular weight excluding hydrogens is 386 g/mol. The van der Waals surface area contributed by atoms with Gasteiger partial charge in [-0.15, -0.1) is 11.8 Å². The predicted octanol–water partition coefficient (Wildman–Crippen LogP) is 4.39. The second-order valence-electron chi connectivity index (χ2n) is 5.66. The fourth-order valence-electron chi connectivity index (χ4n) is 2.82. The summed E-state index contributed by atoms with van der Waals surface area (Å²) in [4.78, 5) is 27.9. The zero-order valence-corrected chi connectivity index (χ0v) is 16.7. The highest BCUT2D eigenvalue weighted by molar-refractivity contribution is 8.04. The summed E-state index contributed by atoms with van der Waals surface area (Å²) in [6.07, 6.45) is 0. The van der Waals surface area contributed by atoms with Crippen LogP contribution in [0, 0.1) is 0 Å². The Balaban J connectivity index is 2.10. The Labute approximate surface area is 166 Å². The molecule has 0 aliphatic carbocycles. The van der Waals surface area contributed by atoms with Gasteiger partial charge in [0.05, 0.1) is 30.4 Å². The van der Waals surface area contributed by atoms with E-state index in [2.05, 4.69) is 0 Å². The molecule has 5 nitrogen and oxygen atoms in total. The van der Waals surface area contributed by atoms with Crippen LogP contribution in [-0.2, 0) is 9.59 Å². The third kappa shape index (κ3) is 3.68. The van der Waals surface area contributed by atoms with Crippen LogP contribution < -0.4 is 14.4 Å². The third-order valence-corrected chi connectivity index (χ3v) is 5.27. The monoisotopic (exact) mass is 403 g/mol. The molecule has 3 rings (SSSR count). The number of rotatable bonds is 6. The van der Waals surface area contributed by atoms with E-state index >= 15 is 0 Å². The smallest absolute Gasteiger partial charge is 0.272 e. The molecule has 2 aromatic carbocycles. The second-order valence-corrected chi connectivity index (χ2v) is 7.37. The lowest BCUT2D eigenvalue weighted by atomic mass is 10.1. The van der Waals surface area contributed by atoms with Gasteiger partial charge in [0, 0.05) is 23.2 Å². The summed E-state index contributed by atoms with van der Waals surface area (Å²) in [5, 5.41) is 0.565. The number of thioether (sulfide) groups is 1.